The summed E-state index contributed by atoms with van der Waals surface area (Å²) in [5.74, 6) is -0.0303. The molecule has 1 aliphatic rings. The zero-order valence-corrected chi connectivity index (χ0v) is 12.1. The summed E-state index contributed by atoms with van der Waals surface area (Å²) >= 11 is 0. The Bertz CT molecular complexity index is 462. The van der Waals surface area contributed by atoms with Crippen molar-refractivity contribution in [2.24, 2.45) is 5.41 Å². The fourth-order valence-electron chi connectivity index (χ4n) is 2.90. The number of hydrogen-bond donors (Lipinski definition) is 2. The van der Waals surface area contributed by atoms with Crippen LogP contribution >= 0.6 is 0 Å². The number of aromatic amines is 1. The Morgan fingerprint density at radius 3 is 2.58 bits per heavy atom. The summed E-state index contributed by atoms with van der Waals surface area (Å²) in [7, 11) is 0. The number of nitrogen functional groups attached to an aromatic ring is 1. The van der Waals surface area contributed by atoms with Crippen LogP contribution < -0.4 is 5.73 Å². The lowest BCUT2D eigenvalue weighted by molar-refractivity contribution is 0.0765. The molecule has 0 atom stereocenters. The zero-order valence-electron chi connectivity index (χ0n) is 12.1. The molecule has 0 aliphatic carbocycles. The summed E-state index contributed by atoms with van der Waals surface area (Å²) in [5, 5.41) is 6.94. The third-order valence-electron chi connectivity index (χ3n) is 4.66. The Morgan fingerprint density at radius 1 is 1.42 bits per heavy atom. The first kappa shape index (κ1) is 13.9. The van der Waals surface area contributed by atoms with Gasteiger partial charge in [-0.2, -0.15) is 5.10 Å². The fourth-order valence-corrected chi connectivity index (χ4v) is 2.90. The van der Waals surface area contributed by atoms with Gasteiger partial charge in [0, 0.05) is 13.1 Å². The van der Waals surface area contributed by atoms with Gasteiger partial charge in [-0.25, -0.2) is 0 Å². The van der Waals surface area contributed by atoms with Gasteiger partial charge < -0.3 is 10.6 Å². The number of carbonyl (C=O) groups is 1. The SMILES string of the molecule is CCc1[nH]nc(C(=O)N2CCC(CC)(CC)C2)c1N. The molecule has 106 valence electrons. The van der Waals surface area contributed by atoms with Gasteiger partial charge >= 0.3 is 0 Å². The van der Waals surface area contributed by atoms with E-state index >= 15 is 0 Å². The molecule has 1 aliphatic heterocycles. The fraction of sp³-hybridized carbons (Fsp3) is 0.714. The summed E-state index contributed by atoms with van der Waals surface area (Å²) in [4.78, 5) is 14.4. The standard InChI is InChI=1S/C14H24N4O/c1-4-10-11(15)12(17-16-10)13(19)18-8-7-14(5-2,6-3)9-18/h4-9,15H2,1-3H3,(H,16,17). The normalized spacial score (nSPS) is 17.9. The number of rotatable bonds is 4. The highest BCUT2D eigenvalue weighted by Gasteiger charge is 2.38. The molecule has 0 radical (unpaired) electrons. The van der Waals surface area contributed by atoms with Crippen molar-refractivity contribution in [3.05, 3.63) is 11.4 Å². The molecule has 1 aromatic heterocycles. The van der Waals surface area contributed by atoms with E-state index in [9.17, 15) is 4.79 Å². The quantitative estimate of drug-likeness (QED) is 0.875. The van der Waals surface area contributed by atoms with Gasteiger partial charge in [0.25, 0.3) is 5.91 Å². The molecule has 0 aromatic carbocycles. The number of aryl methyl sites for hydroxylation is 1. The van der Waals surface area contributed by atoms with Crippen LogP contribution in [0.3, 0.4) is 0 Å². The number of anilines is 1. The molecule has 5 nitrogen and oxygen atoms in total. The Morgan fingerprint density at radius 2 is 2.11 bits per heavy atom. The van der Waals surface area contributed by atoms with Gasteiger partial charge in [-0.15, -0.1) is 0 Å². The van der Waals surface area contributed by atoms with Gasteiger partial charge in [-0.3, -0.25) is 9.89 Å². The second-order valence-electron chi connectivity index (χ2n) is 5.50. The molecule has 0 saturated carbocycles. The molecule has 1 amide bonds. The Balaban J connectivity index is 2.15. The summed E-state index contributed by atoms with van der Waals surface area (Å²) < 4.78 is 0. The van der Waals surface area contributed by atoms with Crippen LogP contribution in [0.25, 0.3) is 0 Å². The average Bonchev–Trinajstić information content (AvgIpc) is 3.02. The third kappa shape index (κ3) is 2.33. The van der Waals surface area contributed by atoms with Crippen LogP contribution in [-0.2, 0) is 6.42 Å². The topological polar surface area (TPSA) is 75.0 Å². The van der Waals surface area contributed by atoms with E-state index in [-0.39, 0.29) is 11.3 Å². The Hall–Kier alpha value is -1.52. The molecule has 2 heterocycles. The van der Waals surface area contributed by atoms with Crippen LogP contribution in [0.2, 0.25) is 0 Å². The van der Waals surface area contributed by atoms with Crippen molar-refractivity contribution in [1.29, 1.82) is 0 Å². The molecular weight excluding hydrogens is 240 g/mol. The van der Waals surface area contributed by atoms with E-state index in [0.717, 1.165) is 44.5 Å². The summed E-state index contributed by atoms with van der Waals surface area (Å²) in [6.07, 6.45) is 4.07. The van der Waals surface area contributed by atoms with E-state index in [2.05, 4.69) is 24.0 Å². The molecular formula is C14H24N4O. The molecule has 1 aromatic rings. The van der Waals surface area contributed by atoms with Gasteiger partial charge in [0.05, 0.1) is 11.4 Å². The lowest BCUT2D eigenvalue weighted by Gasteiger charge is -2.26. The number of likely N-dealkylation sites (tertiary alicyclic amines) is 1. The van der Waals surface area contributed by atoms with E-state index < -0.39 is 0 Å². The van der Waals surface area contributed by atoms with Crippen molar-refractivity contribution in [3.63, 3.8) is 0 Å². The van der Waals surface area contributed by atoms with Crippen LogP contribution in [-0.4, -0.2) is 34.1 Å². The molecule has 2 rings (SSSR count). The maximum absolute atomic E-state index is 12.5. The number of nitrogens with two attached hydrogens (primary N) is 1. The number of nitrogens with one attached hydrogen (secondary N) is 1. The summed E-state index contributed by atoms with van der Waals surface area (Å²) in [6, 6.07) is 0. The lowest BCUT2D eigenvalue weighted by Crippen LogP contribution is -2.32. The van der Waals surface area contributed by atoms with Gasteiger partial charge in [0.2, 0.25) is 0 Å². The van der Waals surface area contributed by atoms with E-state index in [4.69, 9.17) is 5.73 Å². The molecule has 1 saturated heterocycles. The first-order chi connectivity index (χ1) is 9.06. The predicted octanol–water partition coefficient (Wildman–Crippen LogP) is 2.21. The van der Waals surface area contributed by atoms with Crippen LogP contribution in [0, 0.1) is 5.41 Å². The monoisotopic (exact) mass is 264 g/mol. The van der Waals surface area contributed by atoms with E-state index in [1.807, 2.05) is 11.8 Å². The number of H-pyrrole nitrogens is 1. The van der Waals surface area contributed by atoms with E-state index in [0.29, 0.717) is 11.4 Å². The number of hydrogen-bond acceptors (Lipinski definition) is 3. The first-order valence-corrected chi connectivity index (χ1v) is 7.19. The highest BCUT2D eigenvalue weighted by atomic mass is 16.2. The molecule has 0 unspecified atom stereocenters. The van der Waals surface area contributed by atoms with Gasteiger partial charge in [0.1, 0.15) is 0 Å². The second-order valence-corrected chi connectivity index (χ2v) is 5.50. The van der Waals surface area contributed by atoms with Crippen molar-refractivity contribution in [2.75, 3.05) is 18.8 Å². The van der Waals surface area contributed by atoms with Crippen LogP contribution in [0.5, 0.6) is 0 Å². The highest BCUT2D eigenvalue weighted by molar-refractivity contribution is 5.97. The van der Waals surface area contributed by atoms with Gasteiger partial charge in [-0.1, -0.05) is 20.8 Å². The first-order valence-electron chi connectivity index (χ1n) is 7.19. The van der Waals surface area contributed by atoms with Gasteiger partial charge in [0.15, 0.2) is 5.69 Å². The number of aromatic nitrogens is 2. The van der Waals surface area contributed by atoms with Crippen LogP contribution in [0.1, 0.15) is 56.2 Å². The Labute approximate surface area is 114 Å². The van der Waals surface area contributed by atoms with Crippen LogP contribution in [0.4, 0.5) is 5.69 Å². The predicted molar refractivity (Wildman–Crippen MR) is 75.9 cm³/mol. The van der Waals surface area contributed by atoms with Gasteiger partial charge in [-0.05, 0) is 31.1 Å². The smallest absolute Gasteiger partial charge is 0.276 e. The third-order valence-corrected chi connectivity index (χ3v) is 4.66. The largest absolute Gasteiger partial charge is 0.395 e. The van der Waals surface area contributed by atoms with E-state index in [1.54, 1.807) is 0 Å². The zero-order chi connectivity index (χ0) is 14.0. The molecule has 5 heteroatoms. The minimum absolute atomic E-state index is 0.0303. The van der Waals surface area contributed by atoms with E-state index in [1.165, 1.54) is 0 Å². The Kier molecular flexibility index (Phi) is 3.83. The highest BCUT2D eigenvalue weighted by Crippen LogP contribution is 2.37. The summed E-state index contributed by atoms with van der Waals surface area (Å²) in [6.45, 7) is 8.04. The average molecular weight is 264 g/mol. The van der Waals surface area contributed by atoms with Crippen molar-refractivity contribution < 1.29 is 4.79 Å². The summed E-state index contributed by atoms with van der Waals surface area (Å²) in [5.41, 5.74) is 8.01. The maximum atomic E-state index is 12.5. The van der Waals surface area contributed by atoms with Crippen molar-refractivity contribution in [1.82, 2.24) is 15.1 Å². The second kappa shape index (κ2) is 5.23. The maximum Gasteiger partial charge on any atom is 0.276 e. The van der Waals surface area contributed by atoms with Crippen LogP contribution in [0.15, 0.2) is 0 Å². The minimum Gasteiger partial charge on any atom is -0.395 e. The van der Waals surface area contributed by atoms with Crippen molar-refractivity contribution >= 4 is 11.6 Å². The van der Waals surface area contributed by atoms with Crippen molar-refractivity contribution in [2.45, 2.75) is 46.5 Å². The molecule has 19 heavy (non-hydrogen) atoms. The minimum atomic E-state index is -0.0303. The molecule has 3 N–H and O–H groups in total. The lowest BCUT2D eigenvalue weighted by atomic mass is 9.82. The molecule has 1 fully saturated rings. The van der Waals surface area contributed by atoms with Crippen molar-refractivity contribution in [3.8, 4) is 0 Å². The number of nitrogens with zero attached hydrogens (tertiary/aromatic N) is 2. The molecule has 0 bridgehead atoms. The molecule has 0 spiro atoms. The number of carbonyl (C=O) groups excluding carboxylic acids is 1. The number of amides is 1.